The van der Waals surface area contributed by atoms with E-state index >= 15 is 0 Å². The Morgan fingerprint density at radius 3 is 2.29 bits per heavy atom. The highest BCUT2D eigenvalue weighted by Crippen LogP contribution is 2.11. The van der Waals surface area contributed by atoms with Gasteiger partial charge in [-0.3, -0.25) is 9.59 Å². The highest BCUT2D eigenvalue weighted by atomic mass is 16.6. The molecule has 21 heavy (non-hydrogen) atoms. The highest BCUT2D eigenvalue weighted by Gasteiger charge is 2.33. The number of para-hydroxylation sites is 1. The number of Topliss-reactive ketones (excluding diaryl/α,β-unsaturated/α-hetero) is 2. The van der Waals surface area contributed by atoms with Crippen molar-refractivity contribution in [2.75, 3.05) is 0 Å². The number of nitrogens with one attached hydrogen (secondary N) is 1. The number of benzene rings is 1. The second-order valence-corrected chi connectivity index (χ2v) is 5.67. The third-order valence-electron chi connectivity index (χ3n) is 3.19. The lowest BCUT2D eigenvalue weighted by Crippen LogP contribution is -2.51. The molecule has 0 unspecified atom stereocenters. The molecule has 0 heterocycles. The van der Waals surface area contributed by atoms with Gasteiger partial charge in [-0.2, -0.15) is 0 Å². The SMILES string of the molecule is CC(C)[C@H](N)C(=O)C(=O)[C@@H](NOc1[c]cccc1)C(C)C. The van der Waals surface area contributed by atoms with Crippen molar-refractivity contribution in [3.8, 4) is 5.75 Å². The molecule has 1 radical (unpaired) electrons. The van der Waals surface area contributed by atoms with Crippen molar-refractivity contribution in [2.45, 2.75) is 39.8 Å². The summed E-state index contributed by atoms with van der Waals surface area (Å²) in [6.07, 6.45) is 0. The molecule has 0 saturated carbocycles. The first-order valence-corrected chi connectivity index (χ1v) is 7.07. The van der Waals surface area contributed by atoms with Gasteiger partial charge in [0.25, 0.3) is 0 Å². The van der Waals surface area contributed by atoms with Crippen molar-refractivity contribution in [3.63, 3.8) is 0 Å². The van der Waals surface area contributed by atoms with Gasteiger partial charge >= 0.3 is 0 Å². The molecule has 0 spiro atoms. The van der Waals surface area contributed by atoms with E-state index in [1.54, 1.807) is 18.2 Å². The zero-order valence-corrected chi connectivity index (χ0v) is 12.9. The van der Waals surface area contributed by atoms with Crippen LogP contribution in [0.5, 0.6) is 5.75 Å². The van der Waals surface area contributed by atoms with Crippen LogP contribution >= 0.6 is 0 Å². The van der Waals surface area contributed by atoms with Crippen LogP contribution in [0.1, 0.15) is 27.7 Å². The minimum atomic E-state index is -0.788. The molecule has 0 saturated heterocycles. The molecular formula is C16H23N2O3. The van der Waals surface area contributed by atoms with E-state index in [1.165, 1.54) is 0 Å². The lowest BCUT2D eigenvalue weighted by atomic mass is 9.91. The van der Waals surface area contributed by atoms with Gasteiger partial charge in [0.15, 0.2) is 5.75 Å². The van der Waals surface area contributed by atoms with Crippen molar-refractivity contribution in [1.82, 2.24) is 5.48 Å². The fourth-order valence-corrected chi connectivity index (χ4v) is 1.68. The van der Waals surface area contributed by atoms with E-state index in [-0.39, 0.29) is 11.8 Å². The molecule has 115 valence electrons. The van der Waals surface area contributed by atoms with Crippen LogP contribution in [0.15, 0.2) is 24.3 Å². The van der Waals surface area contributed by atoms with Gasteiger partial charge in [0, 0.05) is 6.07 Å². The maximum Gasteiger partial charge on any atom is 0.220 e. The summed E-state index contributed by atoms with van der Waals surface area (Å²) in [5, 5.41) is 0. The van der Waals surface area contributed by atoms with E-state index in [0.29, 0.717) is 5.75 Å². The molecule has 0 fully saturated rings. The number of carbonyl (C=O) groups is 2. The number of hydroxylamine groups is 1. The Hall–Kier alpha value is -1.72. The summed E-state index contributed by atoms with van der Waals surface area (Å²) >= 11 is 0. The van der Waals surface area contributed by atoms with E-state index in [1.807, 2.05) is 33.8 Å². The lowest BCUT2D eigenvalue weighted by Gasteiger charge is -2.22. The summed E-state index contributed by atoms with van der Waals surface area (Å²) in [6.45, 7) is 7.29. The van der Waals surface area contributed by atoms with E-state index in [0.717, 1.165) is 0 Å². The van der Waals surface area contributed by atoms with Gasteiger partial charge in [0.1, 0.15) is 6.04 Å². The number of hydrogen-bond acceptors (Lipinski definition) is 5. The van der Waals surface area contributed by atoms with Crippen molar-refractivity contribution >= 4 is 11.6 Å². The molecule has 0 aliphatic heterocycles. The largest absolute Gasteiger partial charge is 0.407 e. The summed E-state index contributed by atoms with van der Waals surface area (Å²) in [6, 6.07) is 8.34. The zero-order valence-electron chi connectivity index (χ0n) is 12.9. The van der Waals surface area contributed by atoms with Gasteiger partial charge in [-0.25, -0.2) is 0 Å². The number of ketones is 2. The Kier molecular flexibility index (Phi) is 6.52. The molecule has 3 N–H and O–H groups in total. The molecule has 0 bridgehead atoms. The average molecular weight is 291 g/mol. The highest BCUT2D eigenvalue weighted by molar-refractivity contribution is 6.41. The van der Waals surface area contributed by atoms with Crippen LogP contribution in [-0.4, -0.2) is 23.7 Å². The molecule has 1 aromatic rings. The van der Waals surface area contributed by atoms with Crippen molar-refractivity contribution in [3.05, 3.63) is 30.3 Å². The Morgan fingerprint density at radius 2 is 1.81 bits per heavy atom. The quantitative estimate of drug-likeness (QED) is 0.560. The maximum absolute atomic E-state index is 12.3. The predicted octanol–water partition coefficient (Wildman–Crippen LogP) is 1.52. The van der Waals surface area contributed by atoms with Crippen molar-refractivity contribution < 1.29 is 14.4 Å². The van der Waals surface area contributed by atoms with Crippen LogP contribution < -0.4 is 16.1 Å². The fraction of sp³-hybridized carbons (Fsp3) is 0.500. The maximum atomic E-state index is 12.3. The summed E-state index contributed by atoms with van der Waals surface area (Å²) < 4.78 is 0. The Bertz CT molecular complexity index is 472. The van der Waals surface area contributed by atoms with Crippen LogP contribution in [0.3, 0.4) is 0 Å². The van der Waals surface area contributed by atoms with E-state index in [4.69, 9.17) is 10.6 Å². The molecule has 0 aliphatic rings. The average Bonchev–Trinajstić information content (AvgIpc) is 2.46. The monoisotopic (exact) mass is 291 g/mol. The van der Waals surface area contributed by atoms with Crippen LogP contribution in [-0.2, 0) is 9.59 Å². The number of nitrogens with two attached hydrogens (primary N) is 1. The van der Waals surface area contributed by atoms with Gasteiger partial charge in [0.05, 0.1) is 6.04 Å². The first-order chi connectivity index (χ1) is 9.84. The van der Waals surface area contributed by atoms with Gasteiger partial charge < -0.3 is 10.6 Å². The van der Waals surface area contributed by atoms with Crippen LogP contribution in [0.4, 0.5) is 0 Å². The topological polar surface area (TPSA) is 81.4 Å². The molecule has 2 atom stereocenters. The number of rotatable bonds is 8. The molecule has 5 nitrogen and oxygen atoms in total. The van der Waals surface area contributed by atoms with Gasteiger partial charge in [-0.1, -0.05) is 45.9 Å². The Morgan fingerprint density at radius 1 is 1.14 bits per heavy atom. The molecule has 0 amide bonds. The van der Waals surface area contributed by atoms with E-state index in [2.05, 4.69) is 11.5 Å². The minimum absolute atomic E-state index is 0.0855. The second kappa shape index (κ2) is 7.90. The standard InChI is InChI=1S/C16H23N2O3/c1-10(2)13(17)15(19)16(20)14(11(3)4)18-21-12-8-6-5-7-9-12/h5-8,10-11,13-14,18H,17H2,1-4H3/t13-,14-/m0/s1. The number of hydrogen-bond donors (Lipinski definition) is 2. The normalized spacial score (nSPS) is 14.0. The van der Waals surface area contributed by atoms with Crippen molar-refractivity contribution in [2.24, 2.45) is 17.6 Å². The van der Waals surface area contributed by atoms with Gasteiger partial charge in [-0.05, 0) is 17.9 Å². The fourth-order valence-electron chi connectivity index (χ4n) is 1.68. The smallest absolute Gasteiger partial charge is 0.220 e. The van der Waals surface area contributed by atoms with Crippen LogP contribution in [0, 0.1) is 17.9 Å². The summed E-state index contributed by atoms with van der Waals surface area (Å²) in [4.78, 5) is 29.7. The van der Waals surface area contributed by atoms with Crippen molar-refractivity contribution in [1.29, 1.82) is 0 Å². The summed E-state index contributed by atoms with van der Waals surface area (Å²) in [5.41, 5.74) is 8.41. The predicted molar refractivity (Wildman–Crippen MR) is 80.5 cm³/mol. The van der Waals surface area contributed by atoms with E-state index in [9.17, 15) is 9.59 Å². The third kappa shape index (κ3) is 4.95. The zero-order chi connectivity index (χ0) is 16.0. The number of carbonyl (C=O) groups excluding carboxylic acids is 2. The summed E-state index contributed by atoms with van der Waals surface area (Å²) in [5.74, 6) is -0.863. The second-order valence-electron chi connectivity index (χ2n) is 5.67. The lowest BCUT2D eigenvalue weighted by molar-refractivity contribution is -0.141. The molecule has 1 rings (SSSR count). The first-order valence-electron chi connectivity index (χ1n) is 7.07. The molecular weight excluding hydrogens is 268 g/mol. The minimum Gasteiger partial charge on any atom is -0.407 e. The molecule has 0 aromatic heterocycles. The first kappa shape index (κ1) is 17.3. The van der Waals surface area contributed by atoms with Gasteiger partial charge in [-0.15, -0.1) is 5.48 Å². The Labute approximate surface area is 125 Å². The van der Waals surface area contributed by atoms with E-state index < -0.39 is 23.7 Å². The van der Waals surface area contributed by atoms with Gasteiger partial charge in [0.2, 0.25) is 11.6 Å². The molecule has 5 heteroatoms. The molecule has 0 aliphatic carbocycles. The Balaban J connectivity index is 2.73. The molecule has 1 aromatic carbocycles. The summed E-state index contributed by atoms with van der Waals surface area (Å²) in [7, 11) is 0. The van der Waals surface area contributed by atoms with Crippen LogP contribution in [0.25, 0.3) is 0 Å². The third-order valence-corrected chi connectivity index (χ3v) is 3.19. The van der Waals surface area contributed by atoms with Crippen LogP contribution in [0.2, 0.25) is 0 Å².